The summed E-state index contributed by atoms with van der Waals surface area (Å²) < 4.78 is 13.5. The van der Waals surface area contributed by atoms with Crippen molar-refractivity contribution >= 4 is 17.3 Å². The Kier molecular flexibility index (Phi) is 3.85. The van der Waals surface area contributed by atoms with Crippen molar-refractivity contribution in [2.75, 3.05) is 11.1 Å². The number of nitrogens with one attached hydrogen (secondary N) is 1. The van der Waals surface area contributed by atoms with Gasteiger partial charge < -0.3 is 11.1 Å². The van der Waals surface area contributed by atoms with E-state index in [0.29, 0.717) is 23.1 Å². The molecule has 5 heteroatoms. The van der Waals surface area contributed by atoms with Crippen LogP contribution in [0.2, 0.25) is 0 Å². The number of hydrogen-bond donors (Lipinski definition) is 2. The second-order valence-corrected chi connectivity index (χ2v) is 6.30. The topological polar surface area (TPSA) is 63.8 Å². The van der Waals surface area contributed by atoms with Crippen LogP contribution in [0.3, 0.4) is 0 Å². The minimum atomic E-state index is -0.284. The molecule has 2 rings (SSSR count). The van der Waals surface area contributed by atoms with Crippen LogP contribution < -0.4 is 11.1 Å². The molecule has 0 fully saturated rings. The molecule has 0 aliphatic rings. The molecular formula is C16H21FN4. The zero-order valence-corrected chi connectivity index (χ0v) is 13.1. The smallest absolute Gasteiger partial charge is 0.139 e. The molecule has 0 aliphatic heterocycles. The van der Waals surface area contributed by atoms with E-state index < -0.39 is 0 Å². The average Bonchev–Trinajstić information content (AvgIpc) is 2.32. The summed E-state index contributed by atoms with van der Waals surface area (Å²) in [5.41, 5.74) is 8.00. The third-order valence-electron chi connectivity index (χ3n) is 3.16. The molecule has 0 aliphatic carbocycles. The minimum absolute atomic E-state index is 0.212. The molecule has 2 aromatic rings. The fraction of sp³-hybridized carbons (Fsp3) is 0.375. The third kappa shape index (κ3) is 3.48. The highest BCUT2D eigenvalue weighted by molar-refractivity contribution is 5.64. The molecule has 0 bridgehead atoms. The van der Waals surface area contributed by atoms with Gasteiger partial charge in [-0.2, -0.15) is 0 Å². The summed E-state index contributed by atoms with van der Waals surface area (Å²) in [4.78, 5) is 8.87. The quantitative estimate of drug-likeness (QED) is 0.881. The average molecular weight is 288 g/mol. The van der Waals surface area contributed by atoms with Crippen molar-refractivity contribution in [2.45, 2.75) is 40.0 Å². The number of nitrogens with two attached hydrogens (primary N) is 1. The van der Waals surface area contributed by atoms with E-state index in [0.717, 1.165) is 11.1 Å². The van der Waals surface area contributed by atoms with Crippen molar-refractivity contribution in [2.24, 2.45) is 0 Å². The van der Waals surface area contributed by atoms with E-state index in [1.54, 1.807) is 0 Å². The van der Waals surface area contributed by atoms with Gasteiger partial charge in [-0.25, -0.2) is 14.4 Å². The van der Waals surface area contributed by atoms with Crippen LogP contribution in [0.5, 0.6) is 0 Å². The molecule has 0 saturated heterocycles. The Morgan fingerprint density at radius 2 is 1.76 bits per heavy atom. The molecule has 0 atom stereocenters. The first-order chi connectivity index (χ1) is 9.66. The van der Waals surface area contributed by atoms with E-state index in [9.17, 15) is 4.39 Å². The van der Waals surface area contributed by atoms with Crippen LogP contribution in [-0.2, 0) is 5.41 Å². The van der Waals surface area contributed by atoms with Crippen LogP contribution >= 0.6 is 0 Å². The summed E-state index contributed by atoms with van der Waals surface area (Å²) in [6, 6.07) is 4.77. The number of nitrogens with zero attached hydrogens (tertiary/aromatic N) is 2. The molecule has 0 unspecified atom stereocenters. The molecule has 0 radical (unpaired) electrons. The Bertz CT molecular complexity index is 654. The summed E-state index contributed by atoms with van der Waals surface area (Å²) in [6.07, 6.45) is 0. The molecule has 1 heterocycles. The lowest BCUT2D eigenvalue weighted by atomic mass is 9.95. The van der Waals surface area contributed by atoms with Gasteiger partial charge in [0.2, 0.25) is 0 Å². The number of aromatic nitrogens is 2. The van der Waals surface area contributed by atoms with Crippen LogP contribution in [0.1, 0.15) is 37.7 Å². The molecule has 0 spiro atoms. The highest BCUT2D eigenvalue weighted by Gasteiger charge is 2.20. The fourth-order valence-corrected chi connectivity index (χ4v) is 1.94. The Labute approximate surface area is 124 Å². The predicted molar refractivity (Wildman–Crippen MR) is 84.3 cm³/mol. The van der Waals surface area contributed by atoms with Gasteiger partial charge in [-0.3, -0.25) is 0 Å². The molecule has 0 saturated carbocycles. The van der Waals surface area contributed by atoms with Gasteiger partial charge in [-0.1, -0.05) is 20.8 Å². The van der Waals surface area contributed by atoms with E-state index in [1.165, 1.54) is 12.1 Å². The lowest BCUT2D eigenvalue weighted by Crippen LogP contribution is -2.18. The van der Waals surface area contributed by atoms with E-state index in [-0.39, 0.29) is 11.2 Å². The summed E-state index contributed by atoms with van der Waals surface area (Å²) in [5.74, 6) is 1.41. The van der Waals surface area contributed by atoms with E-state index in [2.05, 4.69) is 15.3 Å². The van der Waals surface area contributed by atoms with Crippen molar-refractivity contribution in [1.82, 2.24) is 9.97 Å². The van der Waals surface area contributed by atoms with Gasteiger partial charge in [-0.15, -0.1) is 0 Å². The molecule has 112 valence electrons. The lowest BCUT2D eigenvalue weighted by Gasteiger charge is -2.20. The molecule has 1 aromatic heterocycles. The van der Waals surface area contributed by atoms with Gasteiger partial charge in [0.1, 0.15) is 23.3 Å². The summed E-state index contributed by atoms with van der Waals surface area (Å²) in [6.45, 7) is 9.75. The van der Waals surface area contributed by atoms with Crippen molar-refractivity contribution in [1.29, 1.82) is 0 Å². The van der Waals surface area contributed by atoms with Crippen LogP contribution in [0, 0.1) is 19.7 Å². The first-order valence-corrected chi connectivity index (χ1v) is 6.85. The molecule has 0 amide bonds. The summed E-state index contributed by atoms with van der Waals surface area (Å²) in [5, 5.41) is 3.14. The van der Waals surface area contributed by atoms with Crippen LogP contribution in [0.25, 0.3) is 0 Å². The van der Waals surface area contributed by atoms with Crippen molar-refractivity contribution < 1.29 is 4.39 Å². The van der Waals surface area contributed by atoms with Crippen LogP contribution in [-0.4, -0.2) is 9.97 Å². The number of hydrogen-bond acceptors (Lipinski definition) is 4. The van der Waals surface area contributed by atoms with E-state index in [4.69, 9.17) is 5.73 Å². The SMILES string of the molecule is Cc1cc(F)cc(Nc2nc(C(C)(C)C)nc(N)c2C)c1. The molecule has 3 N–H and O–H groups in total. The first-order valence-electron chi connectivity index (χ1n) is 6.85. The molecular weight excluding hydrogens is 267 g/mol. The zero-order valence-electron chi connectivity index (χ0n) is 13.1. The van der Waals surface area contributed by atoms with Gasteiger partial charge in [0.15, 0.2) is 0 Å². The Hall–Kier alpha value is -2.17. The lowest BCUT2D eigenvalue weighted by molar-refractivity contribution is 0.546. The van der Waals surface area contributed by atoms with E-state index >= 15 is 0 Å². The maximum absolute atomic E-state index is 13.5. The Morgan fingerprint density at radius 1 is 1.10 bits per heavy atom. The Balaban J connectivity index is 2.46. The Morgan fingerprint density at radius 3 is 2.33 bits per heavy atom. The second-order valence-electron chi connectivity index (χ2n) is 6.30. The van der Waals surface area contributed by atoms with Gasteiger partial charge in [0.25, 0.3) is 0 Å². The highest BCUT2D eigenvalue weighted by Crippen LogP contribution is 2.27. The number of rotatable bonds is 2. The largest absolute Gasteiger partial charge is 0.383 e. The zero-order chi connectivity index (χ0) is 15.8. The van der Waals surface area contributed by atoms with Crippen molar-refractivity contribution in [3.8, 4) is 0 Å². The molecule has 4 nitrogen and oxygen atoms in total. The monoisotopic (exact) mass is 288 g/mol. The minimum Gasteiger partial charge on any atom is -0.383 e. The molecule has 1 aromatic carbocycles. The number of halogens is 1. The normalized spacial score (nSPS) is 11.5. The predicted octanol–water partition coefficient (Wildman–Crippen LogP) is 3.86. The first kappa shape index (κ1) is 15.2. The van der Waals surface area contributed by atoms with Crippen LogP contribution in [0.15, 0.2) is 18.2 Å². The van der Waals surface area contributed by atoms with Crippen LogP contribution in [0.4, 0.5) is 21.7 Å². The number of nitrogen functional groups attached to an aromatic ring is 1. The fourth-order valence-electron chi connectivity index (χ4n) is 1.94. The highest BCUT2D eigenvalue weighted by atomic mass is 19.1. The maximum atomic E-state index is 13.5. The summed E-state index contributed by atoms with van der Waals surface area (Å²) >= 11 is 0. The van der Waals surface area contributed by atoms with Gasteiger partial charge >= 0.3 is 0 Å². The number of benzene rings is 1. The van der Waals surface area contributed by atoms with Gasteiger partial charge in [0.05, 0.1) is 0 Å². The third-order valence-corrected chi connectivity index (χ3v) is 3.16. The number of anilines is 3. The van der Waals surface area contributed by atoms with Gasteiger partial charge in [0, 0.05) is 16.7 Å². The maximum Gasteiger partial charge on any atom is 0.139 e. The van der Waals surface area contributed by atoms with Crippen molar-refractivity contribution in [3.63, 3.8) is 0 Å². The van der Waals surface area contributed by atoms with Gasteiger partial charge in [-0.05, 0) is 37.6 Å². The summed E-state index contributed by atoms with van der Waals surface area (Å²) in [7, 11) is 0. The van der Waals surface area contributed by atoms with Crippen molar-refractivity contribution in [3.05, 3.63) is 41.0 Å². The van der Waals surface area contributed by atoms with E-state index in [1.807, 2.05) is 40.7 Å². The molecule has 21 heavy (non-hydrogen) atoms. The second kappa shape index (κ2) is 5.31. The standard InChI is InChI=1S/C16H21FN4/c1-9-6-11(17)8-12(7-9)19-14-10(2)13(18)20-15(21-14)16(3,4)5/h6-8H,1-5H3,(H3,18,19,20,21). The number of aryl methyl sites for hydroxylation is 1.